The highest BCUT2D eigenvalue weighted by molar-refractivity contribution is 6.30. The van der Waals surface area contributed by atoms with Crippen LogP contribution in [0.15, 0.2) is 24.3 Å². The maximum absolute atomic E-state index is 12.4. The highest BCUT2D eigenvalue weighted by Crippen LogP contribution is 2.44. The van der Waals surface area contributed by atoms with Crippen LogP contribution in [-0.2, 0) is 14.3 Å². The second kappa shape index (κ2) is 4.97. The molecule has 0 spiro atoms. The number of halogens is 1. The van der Waals surface area contributed by atoms with Crippen molar-refractivity contribution in [1.29, 1.82) is 0 Å². The van der Waals surface area contributed by atoms with Gasteiger partial charge in [-0.2, -0.15) is 0 Å². The molecule has 1 fully saturated rings. The van der Waals surface area contributed by atoms with Crippen LogP contribution in [0.2, 0.25) is 5.02 Å². The van der Waals surface area contributed by atoms with Crippen molar-refractivity contribution < 1.29 is 14.3 Å². The minimum Gasteiger partial charge on any atom is -0.456 e. The third-order valence-electron chi connectivity index (χ3n) is 3.71. The minimum atomic E-state index is -0.720. The summed E-state index contributed by atoms with van der Waals surface area (Å²) < 4.78 is 5.50. The Morgan fingerprint density at radius 1 is 1.21 bits per heavy atom. The molecule has 2 rings (SSSR count). The molecule has 1 saturated heterocycles. The predicted molar refractivity (Wildman–Crippen MR) is 72.9 cm³/mol. The Morgan fingerprint density at radius 2 is 1.79 bits per heavy atom. The Morgan fingerprint density at radius 3 is 2.32 bits per heavy atom. The van der Waals surface area contributed by atoms with Gasteiger partial charge in [0.25, 0.3) is 0 Å². The number of benzene rings is 1. The van der Waals surface area contributed by atoms with Gasteiger partial charge in [0.1, 0.15) is 12.0 Å². The lowest BCUT2D eigenvalue weighted by Crippen LogP contribution is -2.47. The zero-order valence-electron chi connectivity index (χ0n) is 11.3. The van der Waals surface area contributed by atoms with E-state index in [1.54, 1.807) is 24.3 Å². The minimum absolute atomic E-state index is 0.0498. The molecule has 0 bridgehead atoms. The molecule has 19 heavy (non-hydrogen) atoms. The first-order valence-corrected chi connectivity index (χ1v) is 6.76. The van der Waals surface area contributed by atoms with Crippen molar-refractivity contribution in [3.05, 3.63) is 34.9 Å². The molecule has 1 aromatic rings. The van der Waals surface area contributed by atoms with Gasteiger partial charge < -0.3 is 4.74 Å². The number of carbonyl (C=O) groups excluding carboxylic acids is 2. The molecule has 1 aromatic carbocycles. The second-order valence-electron chi connectivity index (χ2n) is 5.42. The summed E-state index contributed by atoms with van der Waals surface area (Å²) in [4.78, 5) is 24.3. The first-order chi connectivity index (χ1) is 8.87. The van der Waals surface area contributed by atoms with E-state index in [-0.39, 0.29) is 5.78 Å². The van der Waals surface area contributed by atoms with Gasteiger partial charge in [0.2, 0.25) is 0 Å². The Balaban J connectivity index is 2.38. The van der Waals surface area contributed by atoms with Crippen molar-refractivity contribution in [3.63, 3.8) is 0 Å². The molecule has 102 valence electrons. The maximum Gasteiger partial charge on any atom is 0.317 e. The Kier molecular flexibility index (Phi) is 3.68. The summed E-state index contributed by atoms with van der Waals surface area (Å²) in [5.41, 5.74) is 0.0771. The molecule has 0 amide bonds. The van der Waals surface area contributed by atoms with E-state index in [2.05, 4.69) is 0 Å². The van der Waals surface area contributed by atoms with E-state index in [9.17, 15) is 9.59 Å². The molecule has 3 nitrogen and oxygen atoms in total. The average molecular weight is 281 g/mol. The molecule has 1 aliphatic heterocycles. The molecule has 0 radical (unpaired) electrons. The summed E-state index contributed by atoms with van der Waals surface area (Å²) in [5.74, 6) is -1.11. The largest absolute Gasteiger partial charge is 0.456 e. The van der Waals surface area contributed by atoms with E-state index in [4.69, 9.17) is 16.3 Å². The third-order valence-corrected chi connectivity index (χ3v) is 3.96. The lowest BCUT2D eigenvalue weighted by atomic mass is 9.72. The lowest BCUT2D eigenvalue weighted by Gasteiger charge is -2.39. The third kappa shape index (κ3) is 2.39. The Bertz CT molecular complexity index is 505. The van der Waals surface area contributed by atoms with E-state index in [1.165, 1.54) is 0 Å². The van der Waals surface area contributed by atoms with Crippen LogP contribution in [0.25, 0.3) is 0 Å². The van der Waals surface area contributed by atoms with Crippen molar-refractivity contribution in [1.82, 2.24) is 0 Å². The van der Waals surface area contributed by atoms with E-state index in [0.717, 1.165) is 5.56 Å². The molecule has 0 unspecified atom stereocenters. The molecule has 0 aromatic heterocycles. The SMILES string of the molecule is CC[C@H]1C(=O)O[C@H](c2ccc(Cl)cc2)C(C)(C)C1=O. The fourth-order valence-electron chi connectivity index (χ4n) is 2.51. The number of carbonyl (C=O) groups is 2. The van der Waals surface area contributed by atoms with E-state index in [1.807, 2.05) is 20.8 Å². The van der Waals surface area contributed by atoms with Crippen LogP contribution in [0.3, 0.4) is 0 Å². The standard InChI is InChI=1S/C15H17ClO3/c1-4-11-12(17)15(2,3)13(19-14(11)18)9-5-7-10(16)8-6-9/h5-8,11,13H,4H2,1-3H3/t11-,13-/m1/s1. The maximum atomic E-state index is 12.4. The van der Waals surface area contributed by atoms with Crippen molar-refractivity contribution in [2.24, 2.45) is 11.3 Å². The normalized spacial score (nSPS) is 26.1. The number of Topliss-reactive ketones (excluding diaryl/α,β-unsaturated/α-hetero) is 1. The summed E-state index contributed by atoms with van der Waals surface area (Å²) in [7, 11) is 0. The molecule has 0 saturated carbocycles. The first kappa shape index (κ1) is 14.1. The van der Waals surface area contributed by atoms with Crippen molar-refractivity contribution in [2.75, 3.05) is 0 Å². The highest BCUT2D eigenvalue weighted by atomic mass is 35.5. The van der Waals surface area contributed by atoms with Crippen LogP contribution in [0.5, 0.6) is 0 Å². The molecule has 1 aliphatic rings. The number of rotatable bonds is 2. The van der Waals surface area contributed by atoms with Crippen molar-refractivity contribution >= 4 is 23.4 Å². The summed E-state index contributed by atoms with van der Waals surface area (Å²) >= 11 is 5.85. The zero-order valence-corrected chi connectivity index (χ0v) is 12.0. The number of cyclic esters (lactones) is 1. The monoisotopic (exact) mass is 280 g/mol. The number of hydrogen-bond donors (Lipinski definition) is 0. The van der Waals surface area contributed by atoms with Crippen molar-refractivity contribution in [2.45, 2.75) is 33.3 Å². The Hall–Kier alpha value is -1.35. The summed E-state index contributed by atoms with van der Waals surface area (Å²) in [6.07, 6.45) is -0.0680. The van der Waals surface area contributed by atoms with Gasteiger partial charge in [0.15, 0.2) is 5.78 Å². The summed E-state index contributed by atoms with van der Waals surface area (Å²) in [5, 5.41) is 0.612. The van der Waals surface area contributed by atoms with Gasteiger partial charge in [0.05, 0.1) is 5.41 Å². The molecular formula is C15H17ClO3. The van der Waals surface area contributed by atoms with Crippen LogP contribution < -0.4 is 0 Å². The highest BCUT2D eigenvalue weighted by Gasteiger charge is 2.50. The molecule has 1 heterocycles. The zero-order chi connectivity index (χ0) is 14.2. The van der Waals surface area contributed by atoms with Gasteiger partial charge in [-0.05, 0) is 38.0 Å². The van der Waals surface area contributed by atoms with Crippen LogP contribution in [0, 0.1) is 11.3 Å². The molecule has 0 aliphatic carbocycles. The number of ketones is 1. The van der Waals surface area contributed by atoms with Crippen LogP contribution in [-0.4, -0.2) is 11.8 Å². The smallest absolute Gasteiger partial charge is 0.317 e. The van der Waals surface area contributed by atoms with E-state index in [0.29, 0.717) is 11.4 Å². The average Bonchev–Trinajstić information content (AvgIpc) is 2.36. The lowest BCUT2D eigenvalue weighted by molar-refractivity contribution is -0.178. The number of hydrogen-bond acceptors (Lipinski definition) is 3. The van der Waals surface area contributed by atoms with Gasteiger partial charge in [-0.1, -0.05) is 30.7 Å². The van der Waals surface area contributed by atoms with Crippen LogP contribution in [0.1, 0.15) is 38.9 Å². The second-order valence-corrected chi connectivity index (χ2v) is 5.85. The van der Waals surface area contributed by atoms with E-state index >= 15 is 0 Å². The predicted octanol–water partition coefficient (Wildman–Crippen LogP) is 3.56. The van der Waals surface area contributed by atoms with Gasteiger partial charge in [-0.3, -0.25) is 9.59 Å². The topological polar surface area (TPSA) is 43.4 Å². The summed E-state index contributed by atoms with van der Waals surface area (Å²) in [6.45, 7) is 5.47. The Labute approximate surface area is 117 Å². The number of esters is 1. The molecular weight excluding hydrogens is 264 g/mol. The summed E-state index contributed by atoms with van der Waals surface area (Å²) in [6, 6.07) is 7.05. The van der Waals surface area contributed by atoms with Crippen LogP contribution >= 0.6 is 11.6 Å². The van der Waals surface area contributed by atoms with Gasteiger partial charge in [-0.25, -0.2) is 0 Å². The quantitative estimate of drug-likeness (QED) is 0.614. The molecule has 0 N–H and O–H groups in total. The van der Waals surface area contributed by atoms with Gasteiger partial charge in [0, 0.05) is 5.02 Å². The fourth-order valence-corrected chi connectivity index (χ4v) is 2.63. The van der Waals surface area contributed by atoms with Gasteiger partial charge in [-0.15, -0.1) is 0 Å². The molecule has 4 heteroatoms. The van der Waals surface area contributed by atoms with E-state index < -0.39 is 23.4 Å². The van der Waals surface area contributed by atoms with Crippen LogP contribution in [0.4, 0.5) is 0 Å². The van der Waals surface area contributed by atoms with Crippen molar-refractivity contribution in [3.8, 4) is 0 Å². The van der Waals surface area contributed by atoms with Gasteiger partial charge >= 0.3 is 5.97 Å². The first-order valence-electron chi connectivity index (χ1n) is 6.38. The molecule has 2 atom stereocenters. The fraction of sp³-hybridized carbons (Fsp3) is 0.467. The number of ether oxygens (including phenoxy) is 1.